The smallest absolute Gasteiger partial charge is 0.272 e. The highest BCUT2D eigenvalue weighted by molar-refractivity contribution is 6.22. The van der Waals surface area contributed by atoms with Crippen molar-refractivity contribution in [2.75, 3.05) is 33.3 Å². The molecule has 9 heteroatoms. The average Bonchev–Trinajstić information content (AvgIpc) is 3.32. The molecule has 1 aliphatic heterocycles. The summed E-state index contributed by atoms with van der Waals surface area (Å²) in [4.78, 5) is 36.4. The van der Waals surface area contributed by atoms with Gasteiger partial charge in [0.1, 0.15) is 5.75 Å². The number of rotatable bonds is 7. The highest BCUT2D eigenvalue weighted by atomic mass is 16.5. The summed E-state index contributed by atoms with van der Waals surface area (Å²) in [7, 11) is 6.33. The number of aromatic amines is 1. The minimum absolute atomic E-state index is 0.0605. The third kappa shape index (κ3) is 4.67. The number of benzodiazepines with no additional fused rings is 1. The molecule has 0 aliphatic carbocycles. The highest BCUT2D eigenvalue weighted by Crippen LogP contribution is 2.43. The van der Waals surface area contributed by atoms with Gasteiger partial charge in [0.2, 0.25) is 12.1 Å². The maximum Gasteiger partial charge on any atom is 0.272 e. The van der Waals surface area contributed by atoms with Gasteiger partial charge >= 0.3 is 0 Å². The lowest BCUT2D eigenvalue weighted by atomic mass is 9.96. The molecule has 2 N–H and O–H groups in total. The molecule has 0 bridgehead atoms. The second-order valence-corrected chi connectivity index (χ2v) is 9.26. The summed E-state index contributed by atoms with van der Waals surface area (Å²) < 4.78 is 17.2. The number of H-pyrrole nitrogens is 1. The van der Waals surface area contributed by atoms with Gasteiger partial charge in [0.15, 0.2) is 11.5 Å². The topological polar surface area (TPSA) is 105 Å². The van der Waals surface area contributed by atoms with E-state index in [1.807, 2.05) is 67.6 Å². The van der Waals surface area contributed by atoms with Gasteiger partial charge in [-0.2, -0.15) is 0 Å². The number of amides is 2. The van der Waals surface area contributed by atoms with E-state index in [-0.39, 0.29) is 18.2 Å². The highest BCUT2D eigenvalue weighted by Gasteiger charge is 2.34. The SMILES string of the molecule is COc1cc(C)c(OC)c(OC)c1C1=NC(NC(=O)Cc2cc3ccccc3[nH]2)C(=O)N(C)c2ccccc21. The van der Waals surface area contributed by atoms with E-state index in [1.54, 1.807) is 28.4 Å². The maximum atomic E-state index is 13.6. The second-order valence-electron chi connectivity index (χ2n) is 9.26. The van der Waals surface area contributed by atoms with E-state index >= 15 is 0 Å². The third-order valence-electron chi connectivity index (χ3n) is 6.83. The van der Waals surface area contributed by atoms with Crippen LogP contribution in [0.4, 0.5) is 5.69 Å². The third-order valence-corrected chi connectivity index (χ3v) is 6.83. The summed E-state index contributed by atoms with van der Waals surface area (Å²) in [6.45, 7) is 1.89. The summed E-state index contributed by atoms with van der Waals surface area (Å²) in [5, 5.41) is 3.84. The summed E-state index contributed by atoms with van der Waals surface area (Å²) in [5.74, 6) is 0.723. The number of anilines is 1. The van der Waals surface area contributed by atoms with Gasteiger partial charge in [0.05, 0.1) is 44.7 Å². The first-order valence-electron chi connectivity index (χ1n) is 12.5. The first-order valence-corrected chi connectivity index (χ1v) is 12.5. The quantitative estimate of drug-likeness (QED) is 0.379. The van der Waals surface area contributed by atoms with Crippen molar-refractivity contribution in [2.45, 2.75) is 19.5 Å². The van der Waals surface area contributed by atoms with Gasteiger partial charge in [-0.3, -0.25) is 9.59 Å². The van der Waals surface area contributed by atoms with Crippen molar-refractivity contribution in [2.24, 2.45) is 4.99 Å². The molecule has 0 saturated heterocycles. The van der Waals surface area contributed by atoms with Crippen molar-refractivity contribution in [3.63, 3.8) is 0 Å². The number of nitrogens with zero attached hydrogens (tertiary/aromatic N) is 2. The van der Waals surface area contributed by atoms with Crippen LogP contribution in [0.25, 0.3) is 10.9 Å². The number of aliphatic imine (C=N–C) groups is 1. The molecule has 200 valence electrons. The Morgan fingerprint density at radius 1 is 1.00 bits per heavy atom. The number of aromatic nitrogens is 1. The Bertz CT molecular complexity index is 1570. The standard InChI is InChI=1S/C30H30N4O5/c1-17-14-23(37-3)25(28(39-5)27(17)38-4)26-20-11-7-9-13-22(20)34(2)30(36)29(33-26)32-24(35)16-19-15-18-10-6-8-12-21(18)31-19/h6-15,29,31H,16H2,1-5H3,(H,32,35). The van der Waals surface area contributed by atoms with E-state index in [1.165, 1.54) is 4.90 Å². The lowest BCUT2D eigenvalue weighted by Crippen LogP contribution is -2.46. The Kier molecular flexibility index (Phi) is 6.98. The Morgan fingerprint density at radius 2 is 1.72 bits per heavy atom. The van der Waals surface area contributed by atoms with E-state index in [2.05, 4.69) is 10.3 Å². The summed E-state index contributed by atoms with van der Waals surface area (Å²) in [5.41, 5.74) is 4.77. The van der Waals surface area contributed by atoms with Crippen LogP contribution in [-0.2, 0) is 16.0 Å². The lowest BCUT2D eigenvalue weighted by Gasteiger charge is -2.21. The summed E-state index contributed by atoms with van der Waals surface area (Å²) in [6.07, 6.45) is -1.12. The Labute approximate surface area is 226 Å². The van der Waals surface area contributed by atoms with E-state index in [0.717, 1.165) is 22.2 Å². The molecule has 4 aromatic rings. The van der Waals surface area contributed by atoms with Crippen molar-refractivity contribution in [3.8, 4) is 17.2 Å². The Morgan fingerprint density at radius 3 is 2.44 bits per heavy atom. The molecule has 5 rings (SSSR count). The van der Waals surface area contributed by atoms with Crippen molar-refractivity contribution in [3.05, 3.63) is 83.0 Å². The minimum atomic E-state index is -1.18. The van der Waals surface area contributed by atoms with Crippen LogP contribution < -0.4 is 24.4 Å². The molecule has 39 heavy (non-hydrogen) atoms. The zero-order valence-electron chi connectivity index (χ0n) is 22.5. The molecule has 2 amide bonds. The average molecular weight is 527 g/mol. The van der Waals surface area contributed by atoms with Gasteiger partial charge in [0.25, 0.3) is 5.91 Å². The molecule has 1 aliphatic rings. The number of ether oxygens (including phenoxy) is 3. The molecule has 0 fully saturated rings. The van der Waals surface area contributed by atoms with E-state index < -0.39 is 6.17 Å². The van der Waals surface area contributed by atoms with Gasteiger partial charge in [0, 0.05) is 23.8 Å². The first-order chi connectivity index (χ1) is 18.9. The molecule has 0 spiro atoms. The second kappa shape index (κ2) is 10.5. The number of likely N-dealkylation sites (N-methyl/N-ethyl adjacent to an activating group) is 1. The van der Waals surface area contributed by atoms with E-state index in [0.29, 0.717) is 39.8 Å². The number of fused-ring (bicyclic) bond motifs is 2. The number of hydrogen-bond donors (Lipinski definition) is 2. The zero-order chi connectivity index (χ0) is 27.7. The number of para-hydroxylation sites is 2. The first kappa shape index (κ1) is 25.8. The predicted molar refractivity (Wildman–Crippen MR) is 150 cm³/mol. The van der Waals surface area contributed by atoms with Crippen molar-refractivity contribution < 1.29 is 23.8 Å². The van der Waals surface area contributed by atoms with Crippen LogP contribution in [-0.4, -0.2) is 57.1 Å². The number of nitrogens with one attached hydrogen (secondary N) is 2. The molecule has 3 aromatic carbocycles. The lowest BCUT2D eigenvalue weighted by molar-refractivity contribution is -0.126. The molecule has 9 nitrogen and oxygen atoms in total. The van der Waals surface area contributed by atoms with E-state index in [9.17, 15) is 9.59 Å². The number of benzene rings is 3. The molecule has 0 radical (unpaired) electrons. The molecule has 1 unspecified atom stereocenters. The largest absolute Gasteiger partial charge is 0.496 e. The van der Waals surface area contributed by atoms with Crippen molar-refractivity contribution in [1.82, 2.24) is 10.3 Å². The molecule has 1 aromatic heterocycles. The molecular formula is C30H30N4O5. The van der Waals surface area contributed by atoms with Crippen LogP contribution in [0.1, 0.15) is 22.4 Å². The van der Waals surface area contributed by atoms with Crippen molar-refractivity contribution >= 4 is 34.1 Å². The summed E-state index contributed by atoms with van der Waals surface area (Å²) in [6, 6.07) is 19.0. The zero-order valence-corrected chi connectivity index (χ0v) is 22.5. The fourth-order valence-electron chi connectivity index (χ4n) is 4.99. The summed E-state index contributed by atoms with van der Waals surface area (Å²) >= 11 is 0. The van der Waals surface area contributed by atoms with Crippen LogP contribution in [0.5, 0.6) is 17.2 Å². The molecule has 1 atom stereocenters. The van der Waals surface area contributed by atoms with Crippen LogP contribution in [0, 0.1) is 6.92 Å². The Balaban J connectivity index is 1.61. The normalized spacial score (nSPS) is 14.9. The van der Waals surface area contributed by atoms with Gasteiger partial charge < -0.3 is 29.4 Å². The van der Waals surface area contributed by atoms with Crippen LogP contribution in [0.2, 0.25) is 0 Å². The molecule has 2 heterocycles. The number of carbonyl (C=O) groups is 2. The van der Waals surface area contributed by atoms with Crippen LogP contribution in [0.15, 0.2) is 65.7 Å². The fourth-order valence-corrected chi connectivity index (χ4v) is 4.99. The number of hydrogen-bond acceptors (Lipinski definition) is 6. The minimum Gasteiger partial charge on any atom is -0.496 e. The van der Waals surface area contributed by atoms with Gasteiger partial charge in [-0.15, -0.1) is 0 Å². The number of aryl methyl sites for hydroxylation is 1. The Hall–Kier alpha value is -4.79. The van der Waals surface area contributed by atoms with Gasteiger partial charge in [-0.05, 0) is 42.1 Å². The maximum absolute atomic E-state index is 13.6. The molecular weight excluding hydrogens is 496 g/mol. The number of methoxy groups -OCH3 is 3. The van der Waals surface area contributed by atoms with Gasteiger partial charge in [-0.1, -0.05) is 36.4 Å². The van der Waals surface area contributed by atoms with Crippen LogP contribution in [0.3, 0.4) is 0 Å². The van der Waals surface area contributed by atoms with Crippen molar-refractivity contribution in [1.29, 1.82) is 0 Å². The van der Waals surface area contributed by atoms with E-state index in [4.69, 9.17) is 19.2 Å². The number of carbonyl (C=O) groups excluding carboxylic acids is 2. The molecule has 0 saturated carbocycles. The van der Waals surface area contributed by atoms with Gasteiger partial charge in [-0.25, -0.2) is 4.99 Å². The van der Waals surface area contributed by atoms with Crippen LogP contribution >= 0.6 is 0 Å². The fraction of sp³-hybridized carbons (Fsp3) is 0.233. The predicted octanol–water partition coefficient (Wildman–Crippen LogP) is 4.00. The monoisotopic (exact) mass is 526 g/mol.